The van der Waals surface area contributed by atoms with Crippen molar-refractivity contribution in [2.75, 3.05) is 118 Å². The number of carbonyl (C=O) groups excluding carboxylic acids is 1. The minimum Gasteiger partial charge on any atom is -0.444 e. The van der Waals surface area contributed by atoms with Gasteiger partial charge in [-0.3, -0.25) is 9.80 Å². The molecule has 0 spiro atoms. The number of rotatable bonds is 25. The highest BCUT2D eigenvalue weighted by molar-refractivity contribution is 5.67. The number of halogens is 1. The number of nitrogens with zero attached hydrogens (tertiary/aromatic N) is 2. The summed E-state index contributed by atoms with van der Waals surface area (Å²) in [5, 5.41) is 6.04. The molecule has 1 aliphatic rings. The zero-order chi connectivity index (χ0) is 35.0. The van der Waals surface area contributed by atoms with Gasteiger partial charge in [0.2, 0.25) is 0 Å². The lowest BCUT2D eigenvalue weighted by atomic mass is 9.98. The lowest BCUT2D eigenvalue weighted by Crippen LogP contribution is -2.48. The van der Waals surface area contributed by atoms with Crippen molar-refractivity contribution in [3.05, 3.63) is 71.8 Å². The molecule has 2 aromatic carbocycles. The summed E-state index contributed by atoms with van der Waals surface area (Å²) in [7, 11) is 0. The molecule has 1 aliphatic heterocycles. The fourth-order valence-corrected chi connectivity index (χ4v) is 5.16. The summed E-state index contributed by atoms with van der Waals surface area (Å²) in [5.74, 6) is 0. The molecule has 12 heteroatoms. The number of nitrogens with one attached hydrogen (secondary N) is 2. The Bertz CT molecular complexity index is 1070. The van der Waals surface area contributed by atoms with Crippen molar-refractivity contribution in [1.29, 1.82) is 0 Å². The van der Waals surface area contributed by atoms with Crippen molar-refractivity contribution >= 4 is 6.09 Å². The van der Waals surface area contributed by atoms with Gasteiger partial charge in [0.05, 0.1) is 72.1 Å². The van der Waals surface area contributed by atoms with Gasteiger partial charge >= 0.3 is 6.09 Å². The zero-order valence-corrected chi connectivity index (χ0v) is 29.8. The van der Waals surface area contributed by atoms with Crippen LogP contribution in [-0.2, 0) is 28.4 Å². The third-order valence-electron chi connectivity index (χ3n) is 7.71. The minimum atomic E-state index is -1.08. The van der Waals surface area contributed by atoms with Gasteiger partial charge in [0.25, 0.3) is 0 Å². The highest BCUT2D eigenvalue weighted by atomic mass is 19.1. The number of piperazine rings is 1. The summed E-state index contributed by atoms with van der Waals surface area (Å²) < 4.78 is 47.8. The lowest BCUT2D eigenvalue weighted by molar-refractivity contribution is -0.00566. The number of hydrogen-bond acceptors (Lipinski definition) is 10. The molecule has 0 radical (unpaired) electrons. The third-order valence-corrected chi connectivity index (χ3v) is 7.71. The second kappa shape index (κ2) is 24.5. The van der Waals surface area contributed by atoms with Gasteiger partial charge in [-0.25, -0.2) is 9.18 Å². The molecule has 0 aromatic heterocycles. The van der Waals surface area contributed by atoms with Crippen molar-refractivity contribution in [3.63, 3.8) is 0 Å². The molecule has 1 unspecified atom stereocenters. The van der Waals surface area contributed by atoms with E-state index in [9.17, 15) is 9.18 Å². The molecule has 2 N–H and O–H groups in total. The van der Waals surface area contributed by atoms with Crippen LogP contribution < -0.4 is 10.6 Å². The Labute approximate surface area is 292 Å². The maximum Gasteiger partial charge on any atom is 0.407 e. The predicted molar refractivity (Wildman–Crippen MR) is 189 cm³/mol. The van der Waals surface area contributed by atoms with E-state index in [1.54, 1.807) is 0 Å². The van der Waals surface area contributed by atoms with E-state index in [1.807, 2.05) is 57.2 Å². The molecular weight excluding hydrogens is 631 g/mol. The average molecular weight is 691 g/mol. The van der Waals surface area contributed by atoms with Crippen LogP contribution in [-0.4, -0.2) is 146 Å². The van der Waals surface area contributed by atoms with Gasteiger partial charge < -0.3 is 39.1 Å². The van der Waals surface area contributed by atoms with Crippen molar-refractivity contribution in [2.24, 2.45) is 0 Å². The molecule has 276 valence electrons. The smallest absolute Gasteiger partial charge is 0.407 e. The zero-order valence-electron chi connectivity index (χ0n) is 29.8. The van der Waals surface area contributed by atoms with E-state index < -0.39 is 17.9 Å². The van der Waals surface area contributed by atoms with Crippen LogP contribution in [0.15, 0.2) is 60.7 Å². The van der Waals surface area contributed by atoms with Crippen LogP contribution in [0.2, 0.25) is 0 Å². The molecule has 1 fully saturated rings. The number of carbonyl (C=O) groups is 1. The molecule has 1 saturated heterocycles. The van der Waals surface area contributed by atoms with Crippen LogP contribution in [0.25, 0.3) is 0 Å². The van der Waals surface area contributed by atoms with Crippen LogP contribution in [0.5, 0.6) is 0 Å². The molecule has 0 saturated carbocycles. The Kier molecular flexibility index (Phi) is 20.3. The van der Waals surface area contributed by atoms with Crippen LogP contribution in [0.3, 0.4) is 0 Å². The van der Waals surface area contributed by atoms with Crippen molar-refractivity contribution in [2.45, 2.75) is 38.6 Å². The van der Waals surface area contributed by atoms with Gasteiger partial charge in [-0.05, 0) is 31.9 Å². The molecule has 0 aliphatic carbocycles. The van der Waals surface area contributed by atoms with Crippen LogP contribution in [0.4, 0.5) is 9.18 Å². The maximum atomic E-state index is 14.7. The highest BCUT2D eigenvalue weighted by Gasteiger charge is 2.18. The Balaban J connectivity index is 1.08. The molecule has 11 nitrogen and oxygen atoms in total. The number of amides is 1. The van der Waals surface area contributed by atoms with Gasteiger partial charge in [0, 0.05) is 52.4 Å². The second-order valence-corrected chi connectivity index (χ2v) is 12.9. The summed E-state index contributed by atoms with van der Waals surface area (Å²) in [6.45, 7) is 16.4. The van der Waals surface area contributed by atoms with Gasteiger partial charge in [-0.2, -0.15) is 0 Å². The molecule has 1 amide bonds. The fourth-order valence-electron chi connectivity index (χ4n) is 5.16. The monoisotopic (exact) mass is 690 g/mol. The number of hydrogen-bond donors (Lipinski definition) is 2. The van der Waals surface area contributed by atoms with E-state index in [4.69, 9.17) is 28.4 Å². The number of alkyl halides is 1. The van der Waals surface area contributed by atoms with E-state index in [0.717, 1.165) is 50.4 Å². The molecule has 1 heterocycles. The Morgan fingerprint density at radius 3 is 1.63 bits per heavy atom. The lowest BCUT2D eigenvalue weighted by Gasteiger charge is -2.34. The average Bonchev–Trinajstić information content (AvgIpc) is 3.09. The van der Waals surface area contributed by atoms with Gasteiger partial charge in [0.15, 0.2) is 0 Å². The van der Waals surface area contributed by atoms with Crippen LogP contribution in [0, 0.1) is 0 Å². The number of benzene rings is 2. The SMILES string of the molecule is CC(C)(C)OC(=O)NCCOCCOCCOCCOCCN1CCN(CCOCC(F)CNC(c2ccccc2)c2ccccc2)CC1. The van der Waals surface area contributed by atoms with Crippen LogP contribution >= 0.6 is 0 Å². The normalized spacial score (nSPS) is 15.0. The molecule has 2 aromatic rings. The summed E-state index contributed by atoms with van der Waals surface area (Å²) in [5.41, 5.74) is 1.72. The minimum absolute atomic E-state index is 0.0617. The first kappa shape index (κ1) is 40.7. The van der Waals surface area contributed by atoms with E-state index in [0.29, 0.717) is 66.0 Å². The molecule has 49 heavy (non-hydrogen) atoms. The van der Waals surface area contributed by atoms with E-state index in [1.165, 1.54) is 0 Å². The standard InChI is InChI=1S/C37H59FN4O7/c1-37(2,3)49-36(43)39-14-21-44-24-26-46-28-29-47-27-25-45-22-19-41-15-17-42(18-16-41)20-23-48-31-34(38)30-40-35(32-10-6-4-7-11-32)33-12-8-5-9-13-33/h4-13,34-35,40H,14-31H2,1-3H3,(H,39,43). The van der Waals surface area contributed by atoms with E-state index >= 15 is 0 Å². The molecule has 3 rings (SSSR count). The van der Waals surface area contributed by atoms with Gasteiger partial charge in [-0.15, -0.1) is 0 Å². The summed E-state index contributed by atoms with van der Waals surface area (Å²) in [4.78, 5) is 16.3. The molecule has 0 bridgehead atoms. The summed E-state index contributed by atoms with van der Waals surface area (Å²) in [6.07, 6.45) is -1.53. The maximum absolute atomic E-state index is 14.7. The fraction of sp³-hybridized carbons (Fsp3) is 0.649. The number of alkyl carbamates (subject to hydrolysis) is 1. The Hall–Kier alpha value is -2.68. The molecular formula is C37H59FN4O7. The first-order valence-electron chi connectivity index (χ1n) is 17.6. The van der Waals surface area contributed by atoms with Crippen molar-refractivity contribution < 1.29 is 37.6 Å². The Morgan fingerprint density at radius 2 is 1.14 bits per heavy atom. The quantitative estimate of drug-likeness (QED) is 0.149. The first-order chi connectivity index (χ1) is 23.8. The largest absolute Gasteiger partial charge is 0.444 e. The van der Waals surface area contributed by atoms with Crippen LogP contribution in [0.1, 0.15) is 37.9 Å². The van der Waals surface area contributed by atoms with E-state index in [2.05, 4.69) is 44.7 Å². The predicted octanol–water partition coefficient (Wildman–Crippen LogP) is 3.93. The van der Waals surface area contributed by atoms with Gasteiger partial charge in [-0.1, -0.05) is 60.7 Å². The van der Waals surface area contributed by atoms with Crippen molar-refractivity contribution in [1.82, 2.24) is 20.4 Å². The summed E-state index contributed by atoms with van der Waals surface area (Å²) in [6, 6.07) is 20.2. The van der Waals surface area contributed by atoms with Gasteiger partial charge in [0.1, 0.15) is 11.8 Å². The Morgan fingerprint density at radius 1 is 0.694 bits per heavy atom. The summed E-state index contributed by atoms with van der Waals surface area (Å²) >= 11 is 0. The highest BCUT2D eigenvalue weighted by Crippen LogP contribution is 2.21. The molecule has 1 atom stereocenters. The topological polar surface area (TPSA) is 103 Å². The van der Waals surface area contributed by atoms with E-state index in [-0.39, 0.29) is 19.2 Å². The second-order valence-electron chi connectivity index (χ2n) is 12.9. The first-order valence-corrected chi connectivity index (χ1v) is 17.6. The number of ether oxygens (including phenoxy) is 6. The van der Waals surface area contributed by atoms with Crippen molar-refractivity contribution in [3.8, 4) is 0 Å². The third kappa shape index (κ3) is 19.3.